The summed E-state index contributed by atoms with van der Waals surface area (Å²) in [7, 11) is 0. The Hall–Kier alpha value is -2.53. The molecule has 0 saturated carbocycles. The zero-order valence-electron chi connectivity index (χ0n) is 13.3. The van der Waals surface area contributed by atoms with E-state index in [0.29, 0.717) is 5.95 Å². The van der Waals surface area contributed by atoms with Crippen molar-refractivity contribution in [1.82, 2.24) is 24.4 Å². The van der Waals surface area contributed by atoms with Gasteiger partial charge in [-0.2, -0.15) is 0 Å². The molecule has 0 radical (unpaired) electrons. The second-order valence-electron chi connectivity index (χ2n) is 5.49. The predicted octanol–water partition coefficient (Wildman–Crippen LogP) is 3.07. The molecule has 3 rings (SSSR count). The zero-order valence-corrected chi connectivity index (χ0v) is 13.3. The summed E-state index contributed by atoms with van der Waals surface area (Å²) >= 11 is 0. The van der Waals surface area contributed by atoms with Crippen LogP contribution in [0.4, 0.5) is 0 Å². The van der Waals surface area contributed by atoms with Gasteiger partial charge in [0, 0.05) is 49.8 Å². The molecule has 0 aliphatic heterocycles. The number of hydrogen-bond donors (Lipinski definition) is 0. The highest BCUT2D eigenvalue weighted by atomic mass is 15.2. The van der Waals surface area contributed by atoms with Crippen LogP contribution in [0.25, 0.3) is 5.95 Å². The van der Waals surface area contributed by atoms with E-state index in [1.807, 2.05) is 41.4 Å². The van der Waals surface area contributed by atoms with E-state index in [1.165, 1.54) is 11.3 Å². The van der Waals surface area contributed by atoms with Crippen molar-refractivity contribution >= 4 is 0 Å². The van der Waals surface area contributed by atoms with Gasteiger partial charge in [0.15, 0.2) is 0 Å². The molecule has 0 spiro atoms. The van der Waals surface area contributed by atoms with Crippen LogP contribution in [0.2, 0.25) is 0 Å². The van der Waals surface area contributed by atoms with Gasteiger partial charge in [0.2, 0.25) is 5.95 Å². The van der Waals surface area contributed by atoms with Crippen molar-refractivity contribution in [3.63, 3.8) is 0 Å². The Balaban J connectivity index is 1.77. The molecule has 0 atom stereocenters. The van der Waals surface area contributed by atoms with Gasteiger partial charge < -0.3 is 0 Å². The summed E-state index contributed by atoms with van der Waals surface area (Å²) in [6.45, 7) is 4.99. The quantitative estimate of drug-likeness (QED) is 0.673. The van der Waals surface area contributed by atoms with Crippen LogP contribution in [0.3, 0.4) is 0 Å². The topological polar surface area (TPSA) is 46.8 Å². The van der Waals surface area contributed by atoms with Crippen molar-refractivity contribution in [1.29, 1.82) is 0 Å². The second kappa shape index (κ2) is 7.65. The Labute approximate surface area is 136 Å². The Morgan fingerprint density at radius 1 is 1.00 bits per heavy atom. The summed E-state index contributed by atoms with van der Waals surface area (Å²) in [5.41, 5.74) is 2.42. The van der Waals surface area contributed by atoms with E-state index < -0.39 is 0 Å². The van der Waals surface area contributed by atoms with Crippen LogP contribution in [0.15, 0.2) is 61.3 Å². The lowest BCUT2D eigenvalue weighted by Gasteiger charge is -2.22. The van der Waals surface area contributed by atoms with Crippen LogP contribution in [-0.4, -0.2) is 31.0 Å². The lowest BCUT2D eigenvalue weighted by molar-refractivity contribution is 0.252. The van der Waals surface area contributed by atoms with Crippen LogP contribution in [0, 0.1) is 0 Å². The Bertz CT molecular complexity index is 709. The average molecular weight is 307 g/mol. The highest BCUT2D eigenvalue weighted by Crippen LogP contribution is 2.13. The van der Waals surface area contributed by atoms with Gasteiger partial charge in [0.05, 0.1) is 0 Å². The summed E-state index contributed by atoms with van der Waals surface area (Å²) in [6.07, 6.45) is 10.4. The molecule has 0 aromatic carbocycles. The minimum atomic E-state index is 0.713. The van der Waals surface area contributed by atoms with Crippen LogP contribution in [0.1, 0.15) is 24.6 Å². The van der Waals surface area contributed by atoms with E-state index in [0.717, 1.165) is 26.1 Å². The smallest absolute Gasteiger partial charge is 0.233 e. The van der Waals surface area contributed by atoms with E-state index in [9.17, 15) is 0 Å². The van der Waals surface area contributed by atoms with Gasteiger partial charge in [-0.05, 0) is 42.8 Å². The Kier molecular flexibility index (Phi) is 5.11. The lowest BCUT2D eigenvalue weighted by atomic mass is 10.2. The summed E-state index contributed by atoms with van der Waals surface area (Å²) in [5.74, 6) is 0.713. The molecule has 0 saturated heterocycles. The Morgan fingerprint density at radius 2 is 1.87 bits per heavy atom. The third-order valence-electron chi connectivity index (χ3n) is 3.66. The standard InChI is InChI=1S/C18H21N5/c1-2-11-22(14-16-6-3-8-19-13-16)15-17-7-4-12-23(17)18-20-9-5-10-21-18/h3-10,12-13H,2,11,14-15H2,1H3. The molecule has 3 heterocycles. The summed E-state index contributed by atoms with van der Waals surface area (Å²) in [6, 6.07) is 10.1. The first-order valence-corrected chi connectivity index (χ1v) is 7.91. The summed E-state index contributed by atoms with van der Waals surface area (Å²) in [4.78, 5) is 15.3. The largest absolute Gasteiger partial charge is 0.293 e. The fraction of sp³-hybridized carbons (Fsp3) is 0.278. The van der Waals surface area contributed by atoms with Crippen LogP contribution < -0.4 is 0 Å². The van der Waals surface area contributed by atoms with Crippen LogP contribution >= 0.6 is 0 Å². The van der Waals surface area contributed by atoms with E-state index >= 15 is 0 Å². The summed E-state index contributed by atoms with van der Waals surface area (Å²) < 4.78 is 2.05. The minimum absolute atomic E-state index is 0.713. The second-order valence-corrected chi connectivity index (χ2v) is 5.49. The zero-order chi connectivity index (χ0) is 15.9. The third-order valence-corrected chi connectivity index (χ3v) is 3.66. The molecule has 118 valence electrons. The van der Waals surface area contributed by atoms with E-state index in [-0.39, 0.29) is 0 Å². The van der Waals surface area contributed by atoms with Gasteiger partial charge in [-0.15, -0.1) is 0 Å². The molecule has 0 fully saturated rings. The SMILES string of the molecule is CCCN(Cc1cccnc1)Cc1cccn1-c1ncccn1. The van der Waals surface area contributed by atoms with Crippen LogP contribution in [0.5, 0.6) is 0 Å². The first-order valence-electron chi connectivity index (χ1n) is 7.91. The van der Waals surface area contributed by atoms with Gasteiger partial charge in [0.25, 0.3) is 0 Å². The first kappa shape index (κ1) is 15.4. The molecule has 0 aliphatic rings. The van der Waals surface area contributed by atoms with Crippen molar-refractivity contribution in [2.24, 2.45) is 0 Å². The fourth-order valence-electron chi connectivity index (χ4n) is 2.67. The highest BCUT2D eigenvalue weighted by Gasteiger charge is 2.11. The molecule has 0 unspecified atom stereocenters. The van der Waals surface area contributed by atoms with E-state index in [1.54, 1.807) is 12.4 Å². The van der Waals surface area contributed by atoms with Gasteiger partial charge >= 0.3 is 0 Å². The number of nitrogens with zero attached hydrogens (tertiary/aromatic N) is 5. The van der Waals surface area contributed by atoms with Crippen molar-refractivity contribution in [2.45, 2.75) is 26.4 Å². The normalized spacial score (nSPS) is 11.0. The fourth-order valence-corrected chi connectivity index (χ4v) is 2.67. The number of pyridine rings is 1. The predicted molar refractivity (Wildman–Crippen MR) is 90.0 cm³/mol. The van der Waals surface area contributed by atoms with E-state index in [2.05, 4.69) is 38.9 Å². The van der Waals surface area contributed by atoms with E-state index in [4.69, 9.17) is 0 Å². The van der Waals surface area contributed by atoms with Gasteiger partial charge in [-0.25, -0.2) is 9.97 Å². The molecule has 23 heavy (non-hydrogen) atoms. The Morgan fingerprint density at radius 3 is 2.61 bits per heavy atom. The maximum Gasteiger partial charge on any atom is 0.233 e. The minimum Gasteiger partial charge on any atom is -0.293 e. The van der Waals surface area contributed by atoms with Gasteiger partial charge in [0.1, 0.15) is 0 Å². The molecule has 0 amide bonds. The molecule has 5 heteroatoms. The molecule has 0 aliphatic carbocycles. The highest BCUT2D eigenvalue weighted by molar-refractivity contribution is 5.20. The molecule has 0 N–H and O–H groups in total. The first-order chi connectivity index (χ1) is 11.4. The van der Waals surface area contributed by atoms with Crippen molar-refractivity contribution in [2.75, 3.05) is 6.54 Å². The molecular weight excluding hydrogens is 286 g/mol. The summed E-state index contributed by atoms with van der Waals surface area (Å²) in [5, 5.41) is 0. The van der Waals surface area contributed by atoms with Crippen molar-refractivity contribution in [3.8, 4) is 5.95 Å². The number of aromatic nitrogens is 4. The molecule has 3 aromatic rings. The number of rotatable bonds is 7. The van der Waals surface area contributed by atoms with Crippen LogP contribution in [-0.2, 0) is 13.1 Å². The molecule has 3 aromatic heterocycles. The average Bonchev–Trinajstić information content (AvgIpc) is 3.05. The van der Waals surface area contributed by atoms with Gasteiger partial charge in [-0.3, -0.25) is 14.5 Å². The molecule has 0 bridgehead atoms. The lowest BCUT2D eigenvalue weighted by Crippen LogP contribution is -2.25. The number of hydrogen-bond acceptors (Lipinski definition) is 4. The maximum absolute atomic E-state index is 4.34. The van der Waals surface area contributed by atoms with Gasteiger partial charge in [-0.1, -0.05) is 13.0 Å². The third kappa shape index (κ3) is 4.02. The van der Waals surface area contributed by atoms with Crippen molar-refractivity contribution in [3.05, 3.63) is 72.6 Å². The molecule has 5 nitrogen and oxygen atoms in total. The monoisotopic (exact) mass is 307 g/mol. The van der Waals surface area contributed by atoms with Crippen molar-refractivity contribution < 1.29 is 0 Å². The maximum atomic E-state index is 4.34. The molecular formula is C18H21N5.